The van der Waals surface area contributed by atoms with Crippen molar-refractivity contribution >= 4 is 21.9 Å². The second kappa shape index (κ2) is 6.37. The van der Waals surface area contributed by atoms with Gasteiger partial charge in [-0.1, -0.05) is 0 Å². The van der Waals surface area contributed by atoms with Crippen molar-refractivity contribution in [2.75, 3.05) is 19.6 Å². The highest BCUT2D eigenvalue weighted by Gasteiger charge is 2.34. The van der Waals surface area contributed by atoms with Crippen molar-refractivity contribution in [3.05, 3.63) is 36.3 Å². The first-order valence-corrected chi connectivity index (χ1v) is 9.66. The van der Waals surface area contributed by atoms with Crippen molar-refractivity contribution in [3.8, 4) is 6.07 Å². The summed E-state index contributed by atoms with van der Waals surface area (Å²) in [6, 6.07) is 6.85. The Kier molecular flexibility index (Phi) is 3.86. The molecule has 5 rings (SSSR count). The maximum Gasteiger partial charge on any atom is 0.159 e. The molecule has 2 fully saturated rings. The largest absolute Gasteiger partial charge is 0.360 e. The average molecular weight is 345 g/mol. The molecule has 2 unspecified atom stereocenters. The Morgan fingerprint density at radius 1 is 1.27 bits per heavy atom. The Balaban J connectivity index is 1.47. The number of hydrogen-bond acceptors (Lipinski definition) is 4. The summed E-state index contributed by atoms with van der Waals surface area (Å²) in [6.45, 7) is 3.10. The molecule has 1 aliphatic heterocycles. The fourth-order valence-corrected chi connectivity index (χ4v) is 4.57. The fourth-order valence-electron chi connectivity index (χ4n) is 4.57. The van der Waals surface area contributed by atoms with E-state index in [1.807, 2.05) is 18.6 Å². The molecule has 1 saturated carbocycles. The average Bonchev–Trinajstić information content (AvgIpc) is 3.41. The Hall–Kier alpha value is -2.45. The number of aromatic nitrogens is 3. The van der Waals surface area contributed by atoms with Gasteiger partial charge in [-0.15, -0.1) is 0 Å². The van der Waals surface area contributed by atoms with E-state index in [-0.39, 0.29) is 5.92 Å². The summed E-state index contributed by atoms with van der Waals surface area (Å²) < 4.78 is 0. The van der Waals surface area contributed by atoms with E-state index >= 15 is 0 Å². The third-order valence-corrected chi connectivity index (χ3v) is 6.08. The third-order valence-electron chi connectivity index (χ3n) is 6.08. The lowest BCUT2D eigenvalue weighted by molar-refractivity contribution is 0.186. The Morgan fingerprint density at radius 3 is 3.04 bits per heavy atom. The van der Waals surface area contributed by atoms with E-state index in [9.17, 15) is 5.26 Å². The molecule has 0 spiro atoms. The first-order chi connectivity index (χ1) is 12.8. The van der Waals surface area contributed by atoms with Gasteiger partial charge in [0.1, 0.15) is 0 Å². The summed E-state index contributed by atoms with van der Waals surface area (Å²) in [7, 11) is 0. The van der Waals surface area contributed by atoms with Crippen LogP contribution >= 0.6 is 0 Å². The lowest BCUT2D eigenvalue weighted by Gasteiger charge is -2.34. The van der Waals surface area contributed by atoms with Gasteiger partial charge < -0.3 is 9.88 Å². The van der Waals surface area contributed by atoms with Crippen LogP contribution < -0.4 is 0 Å². The molecular formula is C21H23N5. The fraction of sp³-hybridized carbons (Fsp3) is 0.476. The van der Waals surface area contributed by atoms with E-state index in [1.165, 1.54) is 36.6 Å². The van der Waals surface area contributed by atoms with Crippen LogP contribution in [0.15, 0.2) is 30.7 Å². The summed E-state index contributed by atoms with van der Waals surface area (Å²) in [5.74, 6) is 1.36. The zero-order valence-electron chi connectivity index (χ0n) is 14.9. The van der Waals surface area contributed by atoms with Crippen LogP contribution in [0.4, 0.5) is 0 Å². The highest BCUT2D eigenvalue weighted by molar-refractivity contribution is 6.05. The summed E-state index contributed by atoms with van der Waals surface area (Å²) >= 11 is 0. The number of aromatic amines is 1. The van der Waals surface area contributed by atoms with Crippen molar-refractivity contribution in [2.24, 2.45) is 11.8 Å². The maximum atomic E-state index is 9.49. The lowest BCUT2D eigenvalue weighted by atomic mass is 9.87. The summed E-state index contributed by atoms with van der Waals surface area (Å²) in [5.41, 5.74) is 3.29. The molecule has 3 aromatic rings. The lowest BCUT2D eigenvalue weighted by Crippen LogP contribution is -2.38. The molecular weight excluding hydrogens is 322 g/mol. The van der Waals surface area contributed by atoms with Gasteiger partial charge in [-0.25, -0.2) is 9.97 Å². The van der Waals surface area contributed by atoms with E-state index in [1.54, 1.807) is 0 Å². The monoisotopic (exact) mass is 345 g/mol. The van der Waals surface area contributed by atoms with Gasteiger partial charge in [0.05, 0.1) is 23.7 Å². The second-order valence-corrected chi connectivity index (χ2v) is 7.83. The van der Waals surface area contributed by atoms with Crippen molar-refractivity contribution in [1.29, 1.82) is 5.26 Å². The molecule has 1 saturated heterocycles. The molecule has 3 aromatic heterocycles. The Morgan fingerprint density at radius 2 is 2.19 bits per heavy atom. The number of rotatable bonds is 4. The van der Waals surface area contributed by atoms with Crippen molar-refractivity contribution < 1.29 is 0 Å². The van der Waals surface area contributed by atoms with Gasteiger partial charge in [-0.2, -0.15) is 5.26 Å². The molecule has 0 aromatic carbocycles. The van der Waals surface area contributed by atoms with Gasteiger partial charge in [0.2, 0.25) is 0 Å². The van der Waals surface area contributed by atoms with E-state index < -0.39 is 0 Å². The van der Waals surface area contributed by atoms with Crippen LogP contribution in [-0.4, -0.2) is 39.5 Å². The van der Waals surface area contributed by atoms with Crippen LogP contribution in [0, 0.1) is 23.2 Å². The molecule has 0 bridgehead atoms. The number of fused-ring (bicyclic) bond motifs is 3. The minimum absolute atomic E-state index is 0.213. The van der Waals surface area contributed by atoms with Crippen LogP contribution in [0.2, 0.25) is 0 Å². The number of hydrogen-bond donors (Lipinski definition) is 1. The first kappa shape index (κ1) is 15.8. The summed E-state index contributed by atoms with van der Waals surface area (Å²) in [5, 5.41) is 11.9. The number of nitriles is 1. The van der Waals surface area contributed by atoms with Crippen LogP contribution in [0.1, 0.15) is 37.2 Å². The van der Waals surface area contributed by atoms with Gasteiger partial charge >= 0.3 is 0 Å². The standard InChI is InChI=1S/C21H23N5/c22-10-16(14-3-4-14)13-26-9-1-2-15(12-26)17-5-7-23-19-11-25-21-18(20(17)19)6-8-24-21/h5-8,11,14-16,23H,1-4,9,12-13H2. The van der Waals surface area contributed by atoms with Gasteiger partial charge in [-0.05, 0) is 61.8 Å². The zero-order valence-corrected chi connectivity index (χ0v) is 14.9. The van der Waals surface area contributed by atoms with E-state index in [2.05, 4.69) is 38.1 Å². The molecule has 26 heavy (non-hydrogen) atoms. The van der Waals surface area contributed by atoms with Gasteiger partial charge in [0, 0.05) is 36.3 Å². The minimum Gasteiger partial charge on any atom is -0.360 e. The Bertz CT molecular complexity index is 981. The van der Waals surface area contributed by atoms with Crippen molar-refractivity contribution in [1.82, 2.24) is 19.9 Å². The molecule has 0 amide bonds. The molecule has 5 heteroatoms. The highest BCUT2D eigenvalue weighted by Crippen LogP contribution is 2.38. The third kappa shape index (κ3) is 2.75. The topological polar surface area (TPSA) is 68.6 Å². The number of H-pyrrole nitrogens is 1. The second-order valence-electron chi connectivity index (χ2n) is 7.83. The van der Waals surface area contributed by atoms with Crippen molar-refractivity contribution in [3.63, 3.8) is 0 Å². The number of nitrogens with zero attached hydrogens (tertiary/aromatic N) is 4. The molecule has 2 atom stereocenters. The quantitative estimate of drug-likeness (QED) is 0.780. The van der Waals surface area contributed by atoms with Crippen LogP contribution in [0.3, 0.4) is 0 Å². The van der Waals surface area contributed by atoms with Crippen LogP contribution in [-0.2, 0) is 0 Å². The number of piperidine rings is 1. The maximum absolute atomic E-state index is 9.49. The molecule has 1 N–H and O–H groups in total. The minimum atomic E-state index is 0.213. The molecule has 1 aliphatic carbocycles. The smallest absolute Gasteiger partial charge is 0.159 e. The van der Waals surface area contributed by atoms with Crippen molar-refractivity contribution in [2.45, 2.75) is 31.6 Å². The predicted octanol–water partition coefficient (Wildman–Crippen LogP) is 3.84. The predicted molar refractivity (Wildman–Crippen MR) is 102 cm³/mol. The van der Waals surface area contributed by atoms with Crippen LogP contribution in [0.25, 0.3) is 21.9 Å². The van der Waals surface area contributed by atoms with E-state index in [4.69, 9.17) is 0 Å². The van der Waals surface area contributed by atoms with E-state index in [0.717, 1.165) is 36.2 Å². The highest BCUT2D eigenvalue weighted by atomic mass is 15.1. The molecule has 132 valence electrons. The first-order valence-electron chi connectivity index (χ1n) is 9.66. The number of likely N-dealkylation sites (tertiary alicyclic amines) is 1. The SMILES string of the molecule is N#CC(CN1CCCC(c2cc[nH]c3cnc4nccc4c23)C1)C1CC1. The Labute approximate surface area is 153 Å². The zero-order chi connectivity index (χ0) is 17.5. The van der Waals surface area contributed by atoms with Gasteiger partial charge in [0.25, 0.3) is 0 Å². The molecule has 2 aliphatic rings. The molecule has 5 nitrogen and oxygen atoms in total. The number of nitrogens with one attached hydrogen (secondary N) is 1. The summed E-state index contributed by atoms with van der Waals surface area (Å²) in [6.07, 6.45) is 10.6. The van der Waals surface area contributed by atoms with Gasteiger partial charge in [0.15, 0.2) is 5.65 Å². The van der Waals surface area contributed by atoms with Crippen LogP contribution in [0.5, 0.6) is 0 Å². The molecule has 0 radical (unpaired) electrons. The normalized spacial score (nSPS) is 22.5. The molecule has 4 heterocycles. The number of pyridine rings is 2. The summed E-state index contributed by atoms with van der Waals surface area (Å²) in [4.78, 5) is 14.7. The van der Waals surface area contributed by atoms with Gasteiger partial charge in [-0.3, -0.25) is 0 Å². The van der Waals surface area contributed by atoms with E-state index in [0.29, 0.717) is 11.8 Å².